The number of rotatable bonds is 15. The SMILES string of the molecule is CCOC(Cc1ccc(OCCN(CCCCC(C)(F)F)C(=O)OC(C)C)cc1)C(=O)O. The smallest absolute Gasteiger partial charge is 0.410 e. The highest BCUT2D eigenvalue weighted by Crippen LogP contribution is 2.20. The fraction of sp³-hybridized carbons (Fsp3) is 0.652. The van der Waals surface area contributed by atoms with Gasteiger partial charge in [-0.3, -0.25) is 0 Å². The Hall–Kier alpha value is -2.42. The van der Waals surface area contributed by atoms with Crippen molar-refractivity contribution in [3.8, 4) is 5.75 Å². The first kappa shape index (κ1) is 27.6. The maximum absolute atomic E-state index is 13.0. The fourth-order valence-electron chi connectivity index (χ4n) is 2.94. The lowest BCUT2D eigenvalue weighted by molar-refractivity contribution is -0.149. The number of halogens is 2. The third kappa shape index (κ3) is 11.8. The molecule has 0 bridgehead atoms. The van der Waals surface area contributed by atoms with Crippen LogP contribution in [0.4, 0.5) is 13.6 Å². The van der Waals surface area contributed by atoms with Gasteiger partial charge < -0.3 is 24.2 Å². The van der Waals surface area contributed by atoms with Gasteiger partial charge in [0.15, 0.2) is 6.10 Å². The Bertz CT molecular complexity index is 691. The minimum Gasteiger partial charge on any atom is -0.492 e. The van der Waals surface area contributed by atoms with Gasteiger partial charge >= 0.3 is 12.1 Å². The van der Waals surface area contributed by atoms with Crippen LogP contribution in [0.15, 0.2) is 24.3 Å². The van der Waals surface area contributed by atoms with Gasteiger partial charge in [-0.15, -0.1) is 0 Å². The van der Waals surface area contributed by atoms with Crippen LogP contribution in [0.5, 0.6) is 5.75 Å². The normalized spacial score (nSPS) is 12.5. The lowest BCUT2D eigenvalue weighted by Gasteiger charge is -2.23. The summed E-state index contributed by atoms with van der Waals surface area (Å²) in [5.41, 5.74) is 0.799. The predicted octanol–water partition coefficient (Wildman–Crippen LogP) is 4.77. The van der Waals surface area contributed by atoms with Crippen LogP contribution in [-0.2, 0) is 20.7 Å². The maximum atomic E-state index is 13.0. The molecule has 0 radical (unpaired) electrons. The minimum absolute atomic E-state index is 0.202. The number of alkyl halides is 2. The standard InChI is InChI=1S/C23H35F2NO6/c1-5-30-20(21(27)28)16-18-8-10-19(11-9-18)31-15-14-26(22(29)32-17(2)3)13-7-6-12-23(4,24)25/h8-11,17,20H,5-7,12-16H2,1-4H3,(H,27,28). The van der Waals surface area contributed by atoms with Gasteiger partial charge in [0.25, 0.3) is 0 Å². The zero-order chi connectivity index (χ0) is 24.1. The molecular weight excluding hydrogens is 424 g/mol. The molecule has 1 aromatic rings. The van der Waals surface area contributed by atoms with Gasteiger partial charge in [-0.05, 0) is 58.2 Å². The second-order valence-corrected chi connectivity index (χ2v) is 7.93. The molecule has 1 amide bonds. The molecule has 0 saturated heterocycles. The molecule has 0 aliphatic carbocycles. The largest absolute Gasteiger partial charge is 0.492 e. The van der Waals surface area contributed by atoms with Gasteiger partial charge in [-0.25, -0.2) is 18.4 Å². The van der Waals surface area contributed by atoms with Crippen molar-refractivity contribution in [3.63, 3.8) is 0 Å². The number of aliphatic carboxylic acids is 1. The number of unbranched alkanes of at least 4 members (excludes halogenated alkanes) is 1. The molecule has 1 rings (SSSR count). The van der Waals surface area contributed by atoms with E-state index in [9.17, 15) is 23.5 Å². The highest BCUT2D eigenvalue weighted by molar-refractivity contribution is 5.72. The monoisotopic (exact) mass is 459 g/mol. The summed E-state index contributed by atoms with van der Waals surface area (Å²) in [6.07, 6.45) is -0.932. The van der Waals surface area contributed by atoms with Crippen LogP contribution in [0.3, 0.4) is 0 Å². The highest BCUT2D eigenvalue weighted by atomic mass is 19.3. The van der Waals surface area contributed by atoms with E-state index in [0.717, 1.165) is 12.5 Å². The number of carbonyl (C=O) groups excluding carboxylic acids is 1. The Morgan fingerprint density at radius 3 is 2.31 bits per heavy atom. The molecule has 0 aromatic heterocycles. The zero-order valence-electron chi connectivity index (χ0n) is 19.3. The van der Waals surface area contributed by atoms with Gasteiger partial charge in [0.05, 0.1) is 12.6 Å². The van der Waals surface area contributed by atoms with Crippen LogP contribution in [0.25, 0.3) is 0 Å². The van der Waals surface area contributed by atoms with Gasteiger partial charge in [-0.1, -0.05) is 12.1 Å². The van der Waals surface area contributed by atoms with E-state index in [0.29, 0.717) is 31.7 Å². The first-order chi connectivity index (χ1) is 15.0. The van der Waals surface area contributed by atoms with Crippen LogP contribution < -0.4 is 4.74 Å². The average Bonchev–Trinajstić information content (AvgIpc) is 2.69. The lowest BCUT2D eigenvalue weighted by Crippen LogP contribution is -2.37. The van der Waals surface area contributed by atoms with Crippen molar-refractivity contribution in [2.75, 3.05) is 26.3 Å². The molecule has 0 aliphatic rings. The van der Waals surface area contributed by atoms with Gasteiger partial charge in [-0.2, -0.15) is 0 Å². The molecule has 1 atom stereocenters. The van der Waals surface area contributed by atoms with Crippen molar-refractivity contribution in [1.29, 1.82) is 0 Å². The predicted molar refractivity (Wildman–Crippen MR) is 116 cm³/mol. The fourth-order valence-corrected chi connectivity index (χ4v) is 2.94. The summed E-state index contributed by atoms with van der Waals surface area (Å²) >= 11 is 0. The van der Waals surface area contributed by atoms with Crippen molar-refractivity contribution in [3.05, 3.63) is 29.8 Å². The van der Waals surface area contributed by atoms with E-state index in [1.165, 1.54) is 4.90 Å². The second-order valence-electron chi connectivity index (χ2n) is 7.93. The minimum atomic E-state index is -2.72. The summed E-state index contributed by atoms with van der Waals surface area (Å²) in [6, 6.07) is 6.97. The summed E-state index contributed by atoms with van der Waals surface area (Å²) in [5.74, 6) is -3.16. The van der Waals surface area contributed by atoms with Crippen molar-refractivity contribution in [2.24, 2.45) is 0 Å². The molecule has 7 nitrogen and oxygen atoms in total. The Labute approximate surface area is 188 Å². The molecule has 9 heteroatoms. The molecule has 32 heavy (non-hydrogen) atoms. The molecule has 0 spiro atoms. The highest BCUT2D eigenvalue weighted by Gasteiger charge is 2.21. The molecule has 0 fully saturated rings. The Morgan fingerprint density at radius 1 is 1.12 bits per heavy atom. The third-order valence-corrected chi connectivity index (χ3v) is 4.51. The molecule has 0 aliphatic heterocycles. The van der Waals surface area contributed by atoms with E-state index in [2.05, 4.69) is 0 Å². The van der Waals surface area contributed by atoms with E-state index in [-0.39, 0.29) is 32.1 Å². The number of hydrogen-bond donors (Lipinski definition) is 1. The van der Waals surface area contributed by atoms with Gasteiger partial charge in [0.2, 0.25) is 5.92 Å². The Kier molecular flexibility index (Phi) is 12.0. The first-order valence-electron chi connectivity index (χ1n) is 10.9. The summed E-state index contributed by atoms with van der Waals surface area (Å²) < 4.78 is 42.1. The summed E-state index contributed by atoms with van der Waals surface area (Å²) in [6.45, 7) is 7.18. The number of ether oxygens (including phenoxy) is 3. The quantitative estimate of drug-likeness (QED) is 0.380. The van der Waals surface area contributed by atoms with E-state index < -0.39 is 24.1 Å². The van der Waals surface area contributed by atoms with E-state index in [1.54, 1.807) is 45.0 Å². The Morgan fingerprint density at radius 2 is 1.78 bits per heavy atom. The third-order valence-electron chi connectivity index (χ3n) is 4.51. The first-order valence-corrected chi connectivity index (χ1v) is 10.9. The van der Waals surface area contributed by atoms with Crippen LogP contribution in [-0.4, -0.2) is 66.5 Å². The number of amides is 1. The topological polar surface area (TPSA) is 85.3 Å². The zero-order valence-corrected chi connectivity index (χ0v) is 19.3. The summed E-state index contributed by atoms with van der Waals surface area (Å²) in [4.78, 5) is 24.9. The summed E-state index contributed by atoms with van der Waals surface area (Å²) in [7, 11) is 0. The number of hydrogen-bond acceptors (Lipinski definition) is 5. The van der Waals surface area contributed by atoms with Crippen LogP contribution in [0.2, 0.25) is 0 Å². The van der Waals surface area contributed by atoms with Crippen molar-refractivity contribution in [2.45, 2.75) is 71.5 Å². The van der Waals surface area contributed by atoms with E-state index in [4.69, 9.17) is 14.2 Å². The molecule has 0 heterocycles. The van der Waals surface area contributed by atoms with Crippen LogP contribution in [0.1, 0.15) is 52.5 Å². The van der Waals surface area contributed by atoms with Gasteiger partial charge in [0.1, 0.15) is 12.4 Å². The van der Waals surface area contributed by atoms with Crippen molar-refractivity contribution >= 4 is 12.1 Å². The number of carboxylic acids is 1. The molecule has 1 N–H and O–H groups in total. The number of benzene rings is 1. The van der Waals surface area contributed by atoms with Crippen LogP contribution >= 0.6 is 0 Å². The van der Waals surface area contributed by atoms with Gasteiger partial charge in [0, 0.05) is 26.0 Å². The lowest BCUT2D eigenvalue weighted by atomic mass is 10.1. The average molecular weight is 460 g/mol. The molecule has 182 valence electrons. The van der Waals surface area contributed by atoms with Crippen LogP contribution in [0, 0.1) is 0 Å². The van der Waals surface area contributed by atoms with Crippen molar-refractivity contribution < 1.29 is 37.7 Å². The number of carboxylic acid groups (broad SMARTS) is 1. The number of nitrogens with zero attached hydrogens (tertiary/aromatic N) is 1. The van der Waals surface area contributed by atoms with E-state index in [1.807, 2.05) is 0 Å². The summed E-state index contributed by atoms with van der Waals surface area (Å²) in [5, 5.41) is 9.18. The Balaban J connectivity index is 2.56. The maximum Gasteiger partial charge on any atom is 0.410 e. The molecule has 1 aromatic carbocycles. The number of carbonyl (C=O) groups is 2. The molecule has 0 saturated carbocycles. The van der Waals surface area contributed by atoms with Crippen molar-refractivity contribution in [1.82, 2.24) is 4.90 Å². The molecule has 1 unspecified atom stereocenters. The molecular formula is C23H35F2NO6. The second kappa shape index (κ2) is 13.9. The van der Waals surface area contributed by atoms with E-state index >= 15 is 0 Å².